The van der Waals surface area contributed by atoms with Gasteiger partial charge in [0.1, 0.15) is 40.1 Å². The Bertz CT molecular complexity index is 3000. The van der Waals surface area contributed by atoms with Crippen molar-refractivity contribution in [1.29, 1.82) is 0 Å². The minimum atomic E-state index is -0.867. The van der Waals surface area contributed by atoms with Gasteiger partial charge in [0.25, 0.3) is 5.56 Å². The Morgan fingerprint density at radius 2 is 1.56 bits per heavy atom. The van der Waals surface area contributed by atoms with Crippen LogP contribution < -0.4 is 21.1 Å². The second-order valence-corrected chi connectivity index (χ2v) is 21.4. The molecule has 9 rings (SSSR count). The summed E-state index contributed by atoms with van der Waals surface area (Å²) < 4.78 is 15.2. The molecule has 2 saturated heterocycles. The van der Waals surface area contributed by atoms with E-state index in [0.717, 1.165) is 69.9 Å². The van der Waals surface area contributed by atoms with Crippen molar-refractivity contribution in [2.45, 2.75) is 135 Å². The third-order valence-electron chi connectivity index (χ3n) is 15.7. The predicted octanol–water partition coefficient (Wildman–Crippen LogP) is 7.48. The Morgan fingerprint density at radius 1 is 0.840 bits per heavy atom. The molecule has 6 heterocycles. The number of Topliss-reactive ketones (excluding diaryl/α,β-unsaturated/α-hetero) is 1. The summed E-state index contributed by atoms with van der Waals surface area (Å²) in [5.74, 6) is -1.22. The van der Waals surface area contributed by atoms with Gasteiger partial charge >= 0.3 is 0 Å². The van der Waals surface area contributed by atoms with Gasteiger partial charge in [0, 0.05) is 81.2 Å². The summed E-state index contributed by atoms with van der Waals surface area (Å²) in [6.07, 6.45) is 13.7. The number of aromatic nitrogens is 5. The Labute approximate surface area is 439 Å². The van der Waals surface area contributed by atoms with Crippen LogP contribution in [0.3, 0.4) is 0 Å². The fourth-order valence-electron chi connectivity index (χ4n) is 11.3. The molecule has 3 atom stereocenters. The molecule has 2 unspecified atom stereocenters. The van der Waals surface area contributed by atoms with Crippen LogP contribution in [-0.2, 0) is 19.2 Å². The monoisotopic (exact) mass is 1040 g/mol. The lowest BCUT2D eigenvalue weighted by Crippen LogP contribution is -2.56. The molecule has 4 aliphatic rings. The number of ketones is 2. The number of hydrogen-bond donors (Lipinski definition) is 2. The molecule has 2 saturated carbocycles. The van der Waals surface area contributed by atoms with E-state index in [1.165, 1.54) is 47.4 Å². The zero-order valence-electron chi connectivity index (χ0n) is 43.2. The number of hydrogen-bond acceptors (Lipinski definition) is 14. The van der Waals surface area contributed by atoms with E-state index in [-0.39, 0.29) is 82.9 Å². The standard InChI is InChI=1S/C55H66FN11O7S/c1-33-41-31-58-55(62-50(41)67(39-14-8-9-15-39)53(73)47(33)35(3)68)60-44-24-23-40(30-57-44)64-26-28-65(29-27-64)46(70)18-10-17-45(69)63(4)34(2)51(72)61-48(36-12-6-5-7-13-36)54(74)66-25-11-16-43(66)52-59-42(32-75-52)49(71)37-19-21-38(56)22-20-37/h19-24,30-32,34,36,39,43,48H,5-18,25-29H2,1-4H3,(H,61,72)(H,57,58,60,62)/t34?,43?,48-/m0/s1. The number of halogens is 1. The Hall–Kier alpha value is -6.96. The van der Waals surface area contributed by atoms with Gasteiger partial charge in [-0.3, -0.25) is 38.1 Å². The first-order chi connectivity index (χ1) is 36.2. The Kier molecular flexibility index (Phi) is 16.4. The predicted molar refractivity (Wildman–Crippen MR) is 283 cm³/mol. The SMILES string of the molecule is CC(=O)c1c(C)c2cnc(Nc3ccc(N4CCN(C(=O)CCCC(=O)N(C)C(C)C(=O)N[C@H](C(=O)N5CCCC5c5nc(C(=O)c6ccc(F)cc6)cs5)C5CCCCC5)CC4)cn3)nc2n(C2CCCC2)c1=O. The first kappa shape index (κ1) is 52.9. The molecule has 2 aliphatic heterocycles. The van der Waals surface area contributed by atoms with Crippen LogP contribution in [0.4, 0.5) is 21.8 Å². The number of rotatable bonds is 17. The van der Waals surface area contributed by atoms with E-state index in [1.807, 2.05) is 17.0 Å². The van der Waals surface area contributed by atoms with Gasteiger partial charge in [-0.2, -0.15) is 4.98 Å². The lowest BCUT2D eigenvalue weighted by atomic mass is 9.83. The summed E-state index contributed by atoms with van der Waals surface area (Å²) >= 11 is 1.31. The molecule has 18 nitrogen and oxygen atoms in total. The van der Waals surface area contributed by atoms with Crippen LogP contribution in [0.1, 0.15) is 153 Å². The first-order valence-corrected chi connectivity index (χ1v) is 27.4. The molecular weight excluding hydrogens is 978 g/mol. The number of aryl methyl sites for hydroxylation is 1. The summed E-state index contributed by atoms with van der Waals surface area (Å²) in [4.78, 5) is 120. The van der Waals surface area contributed by atoms with E-state index >= 15 is 0 Å². The number of pyridine rings is 2. The average Bonchev–Trinajstić information content (AvgIpc) is 4.25. The number of carbonyl (C=O) groups is 6. The normalized spacial score (nSPS) is 18.3. The van der Waals surface area contributed by atoms with Crippen LogP contribution in [0, 0.1) is 18.7 Å². The molecule has 0 radical (unpaired) electrons. The molecule has 2 aliphatic carbocycles. The van der Waals surface area contributed by atoms with Gasteiger partial charge in [0.05, 0.1) is 23.5 Å². The van der Waals surface area contributed by atoms with Gasteiger partial charge in [-0.25, -0.2) is 19.3 Å². The van der Waals surface area contributed by atoms with Crippen molar-refractivity contribution in [2.24, 2.45) is 5.92 Å². The Balaban J connectivity index is 0.743. The van der Waals surface area contributed by atoms with Crippen LogP contribution >= 0.6 is 11.3 Å². The van der Waals surface area contributed by atoms with E-state index in [9.17, 15) is 38.0 Å². The van der Waals surface area contributed by atoms with E-state index in [0.29, 0.717) is 78.6 Å². The molecule has 75 heavy (non-hydrogen) atoms. The second-order valence-electron chi connectivity index (χ2n) is 20.5. The number of likely N-dealkylation sites (N-methyl/N-ethyl adjacent to an activating group) is 1. The van der Waals surface area contributed by atoms with Crippen molar-refractivity contribution in [3.05, 3.63) is 97.7 Å². The summed E-state index contributed by atoms with van der Waals surface area (Å²) in [5.41, 5.74) is 2.40. The quantitative estimate of drug-likeness (QED) is 0.0866. The topological polar surface area (TPSA) is 213 Å². The lowest BCUT2D eigenvalue weighted by molar-refractivity contribution is -0.142. The highest BCUT2D eigenvalue weighted by Gasteiger charge is 2.41. The minimum Gasteiger partial charge on any atom is -0.367 e. The molecule has 5 aromatic rings. The number of piperazine rings is 1. The zero-order chi connectivity index (χ0) is 52.9. The third-order valence-corrected chi connectivity index (χ3v) is 16.7. The zero-order valence-corrected chi connectivity index (χ0v) is 44.0. The van der Waals surface area contributed by atoms with Crippen molar-refractivity contribution < 1.29 is 33.2 Å². The number of nitrogens with one attached hydrogen (secondary N) is 2. The fourth-order valence-corrected chi connectivity index (χ4v) is 12.2. The molecule has 4 fully saturated rings. The highest BCUT2D eigenvalue weighted by Crippen LogP contribution is 2.37. The number of likely N-dealkylation sites (tertiary alicyclic amines) is 1. The van der Waals surface area contributed by atoms with Gasteiger partial charge in [0.15, 0.2) is 5.78 Å². The van der Waals surface area contributed by atoms with Crippen molar-refractivity contribution >= 4 is 75.0 Å². The van der Waals surface area contributed by atoms with Crippen molar-refractivity contribution in [3.63, 3.8) is 0 Å². The van der Waals surface area contributed by atoms with E-state index in [2.05, 4.69) is 30.5 Å². The maximum Gasteiger partial charge on any atom is 0.263 e. The highest BCUT2D eigenvalue weighted by atomic mass is 32.1. The summed E-state index contributed by atoms with van der Waals surface area (Å²) in [6.45, 7) is 7.51. The summed E-state index contributed by atoms with van der Waals surface area (Å²) in [7, 11) is 1.58. The minimum absolute atomic E-state index is 0.0323. The van der Waals surface area contributed by atoms with Gasteiger partial charge < -0.3 is 30.2 Å². The third kappa shape index (κ3) is 11.6. The van der Waals surface area contributed by atoms with Gasteiger partial charge in [-0.1, -0.05) is 32.1 Å². The molecule has 0 bridgehead atoms. The largest absolute Gasteiger partial charge is 0.367 e. The van der Waals surface area contributed by atoms with Crippen LogP contribution in [0.5, 0.6) is 0 Å². The number of fused-ring (bicyclic) bond motifs is 1. The van der Waals surface area contributed by atoms with Gasteiger partial charge in [0.2, 0.25) is 35.4 Å². The van der Waals surface area contributed by atoms with E-state index in [1.54, 1.807) is 48.1 Å². The molecule has 2 N–H and O–H groups in total. The highest BCUT2D eigenvalue weighted by molar-refractivity contribution is 7.10. The number of thiazole rings is 1. The number of anilines is 3. The van der Waals surface area contributed by atoms with Crippen molar-refractivity contribution in [1.82, 2.24) is 44.5 Å². The molecule has 4 amide bonds. The average molecular weight is 1040 g/mol. The van der Waals surface area contributed by atoms with Gasteiger partial charge in [-0.15, -0.1) is 11.3 Å². The van der Waals surface area contributed by atoms with Crippen molar-refractivity contribution in [2.75, 3.05) is 50.0 Å². The summed E-state index contributed by atoms with van der Waals surface area (Å²) in [6, 6.07) is 7.05. The molecule has 1 aromatic carbocycles. The van der Waals surface area contributed by atoms with E-state index < -0.39 is 23.8 Å². The van der Waals surface area contributed by atoms with Crippen LogP contribution in [0.25, 0.3) is 11.0 Å². The van der Waals surface area contributed by atoms with Gasteiger partial charge in [-0.05, 0) is 114 Å². The van der Waals surface area contributed by atoms with Crippen LogP contribution in [0.15, 0.2) is 59.0 Å². The lowest BCUT2D eigenvalue weighted by Gasteiger charge is -2.36. The first-order valence-electron chi connectivity index (χ1n) is 26.5. The van der Waals surface area contributed by atoms with Crippen LogP contribution in [0.2, 0.25) is 0 Å². The van der Waals surface area contributed by atoms with Crippen LogP contribution in [-0.4, -0.2) is 126 Å². The molecular formula is C55H66FN11O7S. The fraction of sp³-hybridized carbons (Fsp3) is 0.509. The Morgan fingerprint density at radius 3 is 2.25 bits per heavy atom. The number of amides is 4. The second kappa shape index (κ2) is 23.3. The molecule has 396 valence electrons. The maximum absolute atomic E-state index is 14.5. The number of nitrogens with zero attached hydrogens (tertiary/aromatic N) is 9. The molecule has 20 heteroatoms. The smallest absolute Gasteiger partial charge is 0.263 e. The molecule has 0 spiro atoms. The van der Waals surface area contributed by atoms with Crippen molar-refractivity contribution in [3.8, 4) is 0 Å². The summed E-state index contributed by atoms with van der Waals surface area (Å²) in [5, 5.41) is 9.22. The maximum atomic E-state index is 14.5. The van der Waals surface area contributed by atoms with E-state index in [4.69, 9.17) is 4.98 Å². The molecule has 4 aromatic heterocycles. The number of benzene rings is 1. The number of carbonyl (C=O) groups excluding carboxylic acids is 6.